The fraction of sp³-hybridized carbons (Fsp3) is 0.471. The zero-order chi connectivity index (χ0) is 15.6. The van der Waals surface area contributed by atoms with E-state index >= 15 is 0 Å². The Hall–Kier alpha value is -2.37. The SMILES string of the molecule is CCc1c[nH]c2ncnc(N3CCC(Cc4ncc[nH]4)CC3)c12. The Morgan fingerprint density at radius 1 is 1.17 bits per heavy atom. The normalized spacial score (nSPS) is 16.3. The third-order valence-electron chi connectivity index (χ3n) is 4.86. The van der Waals surface area contributed by atoms with Crippen molar-refractivity contribution < 1.29 is 0 Å². The van der Waals surface area contributed by atoms with Gasteiger partial charge in [0, 0.05) is 38.1 Å². The zero-order valence-electron chi connectivity index (χ0n) is 13.4. The number of hydrogen-bond donors (Lipinski definition) is 2. The Bertz CT molecular complexity index is 768. The predicted molar refractivity (Wildman–Crippen MR) is 90.5 cm³/mol. The van der Waals surface area contributed by atoms with Crippen LogP contribution in [-0.4, -0.2) is 38.0 Å². The van der Waals surface area contributed by atoms with Gasteiger partial charge in [0.25, 0.3) is 0 Å². The first-order valence-corrected chi connectivity index (χ1v) is 8.39. The molecule has 1 fully saturated rings. The van der Waals surface area contributed by atoms with Crippen LogP contribution in [-0.2, 0) is 12.8 Å². The summed E-state index contributed by atoms with van der Waals surface area (Å²) < 4.78 is 0. The highest BCUT2D eigenvalue weighted by Gasteiger charge is 2.23. The highest BCUT2D eigenvalue weighted by Crippen LogP contribution is 2.30. The van der Waals surface area contributed by atoms with E-state index < -0.39 is 0 Å². The average molecular weight is 310 g/mol. The number of anilines is 1. The van der Waals surface area contributed by atoms with Gasteiger partial charge < -0.3 is 14.9 Å². The molecule has 2 N–H and O–H groups in total. The Morgan fingerprint density at radius 3 is 2.78 bits per heavy atom. The van der Waals surface area contributed by atoms with Crippen molar-refractivity contribution in [2.45, 2.75) is 32.6 Å². The number of nitrogens with zero attached hydrogens (tertiary/aromatic N) is 4. The minimum atomic E-state index is 0.701. The van der Waals surface area contributed by atoms with Crippen LogP contribution in [0, 0.1) is 5.92 Å². The lowest BCUT2D eigenvalue weighted by atomic mass is 9.93. The molecule has 120 valence electrons. The van der Waals surface area contributed by atoms with Gasteiger partial charge in [0.1, 0.15) is 23.6 Å². The molecule has 6 heteroatoms. The summed E-state index contributed by atoms with van der Waals surface area (Å²) in [5.41, 5.74) is 2.25. The second-order valence-corrected chi connectivity index (χ2v) is 6.26. The molecule has 1 saturated heterocycles. The molecule has 6 nitrogen and oxygen atoms in total. The largest absolute Gasteiger partial charge is 0.356 e. The third kappa shape index (κ3) is 2.69. The molecule has 4 rings (SSSR count). The van der Waals surface area contributed by atoms with E-state index in [-0.39, 0.29) is 0 Å². The molecule has 0 saturated carbocycles. The second kappa shape index (κ2) is 6.02. The quantitative estimate of drug-likeness (QED) is 0.777. The molecule has 23 heavy (non-hydrogen) atoms. The molecule has 1 aliphatic rings. The highest BCUT2D eigenvalue weighted by atomic mass is 15.2. The minimum Gasteiger partial charge on any atom is -0.356 e. The average Bonchev–Trinajstić information content (AvgIpc) is 3.24. The molecule has 0 amide bonds. The Kier molecular flexibility index (Phi) is 3.73. The summed E-state index contributed by atoms with van der Waals surface area (Å²) in [6.45, 7) is 4.27. The van der Waals surface area contributed by atoms with Crippen molar-refractivity contribution >= 4 is 16.9 Å². The lowest BCUT2D eigenvalue weighted by Crippen LogP contribution is -2.35. The number of piperidine rings is 1. The van der Waals surface area contributed by atoms with E-state index in [1.807, 2.05) is 12.4 Å². The number of H-pyrrole nitrogens is 2. The number of aromatic amines is 2. The van der Waals surface area contributed by atoms with E-state index in [1.165, 1.54) is 23.8 Å². The highest BCUT2D eigenvalue weighted by molar-refractivity contribution is 5.90. The molecule has 0 aromatic carbocycles. The Balaban J connectivity index is 1.51. The van der Waals surface area contributed by atoms with Crippen LogP contribution in [0.4, 0.5) is 5.82 Å². The number of hydrogen-bond acceptors (Lipinski definition) is 4. The Labute approximate surface area is 135 Å². The van der Waals surface area contributed by atoms with Crippen molar-refractivity contribution in [1.82, 2.24) is 24.9 Å². The van der Waals surface area contributed by atoms with Crippen molar-refractivity contribution in [2.24, 2.45) is 5.92 Å². The molecule has 0 unspecified atom stereocenters. The van der Waals surface area contributed by atoms with Gasteiger partial charge in [-0.25, -0.2) is 15.0 Å². The molecular formula is C17H22N6. The lowest BCUT2D eigenvalue weighted by molar-refractivity contribution is 0.397. The Morgan fingerprint density at radius 2 is 2.04 bits per heavy atom. The van der Waals surface area contributed by atoms with Crippen LogP contribution in [0.2, 0.25) is 0 Å². The topological polar surface area (TPSA) is 73.5 Å². The lowest BCUT2D eigenvalue weighted by Gasteiger charge is -2.33. The van der Waals surface area contributed by atoms with Gasteiger partial charge >= 0.3 is 0 Å². The van der Waals surface area contributed by atoms with E-state index in [4.69, 9.17) is 0 Å². The maximum atomic E-state index is 4.59. The van der Waals surface area contributed by atoms with Gasteiger partial charge in [-0.05, 0) is 30.7 Å². The first-order valence-electron chi connectivity index (χ1n) is 8.39. The van der Waals surface area contributed by atoms with Crippen LogP contribution >= 0.6 is 0 Å². The summed E-state index contributed by atoms with van der Waals surface area (Å²) >= 11 is 0. The van der Waals surface area contributed by atoms with Crippen LogP contribution in [0.5, 0.6) is 0 Å². The van der Waals surface area contributed by atoms with Crippen LogP contribution in [0.1, 0.15) is 31.2 Å². The van der Waals surface area contributed by atoms with Gasteiger partial charge in [0.15, 0.2) is 0 Å². The molecule has 3 aromatic heterocycles. The summed E-state index contributed by atoms with van der Waals surface area (Å²) in [4.78, 5) is 22.2. The zero-order valence-corrected chi connectivity index (χ0v) is 13.4. The summed E-state index contributed by atoms with van der Waals surface area (Å²) in [6.07, 6.45) is 11.9. The molecule has 0 spiro atoms. The van der Waals surface area contributed by atoms with E-state index in [0.29, 0.717) is 5.92 Å². The van der Waals surface area contributed by atoms with Gasteiger partial charge in [0.05, 0.1) is 5.39 Å². The summed E-state index contributed by atoms with van der Waals surface area (Å²) in [5, 5.41) is 1.19. The van der Waals surface area contributed by atoms with Gasteiger partial charge in [-0.1, -0.05) is 6.92 Å². The predicted octanol–water partition coefficient (Wildman–Crippen LogP) is 2.70. The van der Waals surface area contributed by atoms with Gasteiger partial charge in [-0.15, -0.1) is 0 Å². The van der Waals surface area contributed by atoms with Crippen molar-refractivity contribution in [3.63, 3.8) is 0 Å². The van der Waals surface area contributed by atoms with Gasteiger partial charge in [-0.3, -0.25) is 0 Å². The molecule has 0 bridgehead atoms. The number of rotatable bonds is 4. The number of aryl methyl sites for hydroxylation is 1. The molecule has 0 radical (unpaired) electrons. The number of nitrogens with one attached hydrogen (secondary N) is 2. The smallest absolute Gasteiger partial charge is 0.143 e. The van der Waals surface area contributed by atoms with E-state index in [2.05, 4.69) is 42.9 Å². The molecule has 3 aromatic rings. The molecule has 1 aliphatic heterocycles. The maximum Gasteiger partial charge on any atom is 0.143 e. The van der Waals surface area contributed by atoms with Crippen molar-refractivity contribution in [3.8, 4) is 0 Å². The van der Waals surface area contributed by atoms with Crippen LogP contribution in [0.15, 0.2) is 24.9 Å². The first kappa shape index (κ1) is 14.2. The van der Waals surface area contributed by atoms with Crippen molar-refractivity contribution in [2.75, 3.05) is 18.0 Å². The van der Waals surface area contributed by atoms with Crippen molar-refractivity contribution in [3.05, 3.63) is 36.3 Å². The van der Waals surface area contributed by atoms with Crippen molar-refractivity contribution in [1.29, 1.82) is 0 Å². The summed E-state index contributed by atoms with van der Waals surface area (Å²) in [7, 11) is 0. The summed E-state index contributed by atoms with van der Waals surface area (Å²) in [6, 6.07) is 0. The van der Waals surface area contributed by atoms with Gasteiger partial charge in [0.2, 0.25) is 0 Å². The molecule has 0 aliphatic carbocycles. The fourth-order valence-electron chi connectivity index (χ4n) is 3.56. The van der Waals surface area contributed by atoms with E-state index in [9.17, 15) is 0 Å². The van der Waals surface area contributed by atoms with E-state index in [0.717, 1.165) is 43.2 Å². The number of fused-ring (bicyclic) bond motifs is 1. The second-order valence-electron chi connectivity index (χ2n) is 6.26. The monoisotopic (exact) mass is 310 g/mol. The first-order chi connectivity index (χ1) is 11.3. The molecule has 4 heterocycles. The minimum absolute atomic E-state index is 0.701. The maximum absolute atomic E-state index is 4.59. The van der Waals surface area contributed by atoms with Gasteiger partial charge in [-0.2, -0.15) is 0 Å². The summed E-state index contributed by atoms with van der Waals surface area (Å²) in [5.74, 6) is 2.89. The molecular weight excluding hydrogens is 288 g/mol. The van der Waals surface area contributed by atoms with E-state index in [1.54, 1.807) is 6.33 Å². The number of aromatic nitrogens is 5. The molecule has 0 atom stereocenters. The van der Waals surface area contributed by atoms with Crippen LogP contribution in [0.3, 0.4) is 0 Å². The van der Waals surface area contributed by atoms with Crippen LogP contribution in [0.25, 0.3) is 11.0 Å². The van der Waals surface area contributed by atoms with Crippen LogP contribution < -0.4 is 4.90 Å². The standard InChI is InChI=1S/C17H22N6/c1-2-13-10-20-16-15(13)17(22-11-21-16)23-7-3-12(4-8-23)9-14-18-5-6-19-14/h5-6,10-12H,2-4,7-9H2,1H3,(H,18,19)(H,20,21,22). The third-order valence-corrected chi connectivity index (χ3v) is 4.86. The fourth-order valence-corrected chi connectivity index (χ4v) is 3.56. The number of imidazole rings is 1.